The van der Waals surface area contributed by atoms with Crippen molar-refractivity contribution in [3.05, 3.63) is 40.3 Å². The molecule has 0 radical (unpaired) electrons. The van der Waals surface area contributed by atoms with Crippen LogP contribution in [-0.2, 0) is 12.8 Å². The monoisotopic (exact) mass is 161 g/mol. The second kappa shape index (κ2) is 3.05. The van der Waals surface area contributed by atoms with Crippen molar-refractivity contribution in [2.45, 2.75) is 25.3 Å². The largest absolute Gasteiger partial charge is 0.151 e. The maximum Gasteiger partial charge on any atom is 0.0963 e. The number of fused-ring (bicyclic) bond motifs is 1. The van der Waals surface area contributed by atoms with Crippen molar-refractivity contribution in [2.24, 2.45) is 5.18 Å². The van der Waals surface area contributed by atoms with Crippen molar-refractivity contribution in [3.8, 4) is 0 Å². The Kier molecular flexibility index (Phi) is 1.90. The topological polar surface area (TPSA) is 29.4 Å². The van der Waals surface area contributed by atoms with E-state index in [1.165, 1.54) is 11.1 Å². The van der Waals surface area contributed by atoms with Crippen LogP contribution in [0.15, 0.2) is 29.4 Å². The summed E-state index contributed by atoms with van der Waals surface area (Å²) in [5, 5.41) is 3.10. The van der Waals surface area contributed by atoms with Crippen LogP contribution in [0.5, 0.6) is 0 Å². The van der Waals surface area contributed by atoms with Crippen LogP contribution in [0.2, 0.25) is 0 Å². The van der Waals surface area contributed by atoms with Crippen LogP contribution >= 0.6 is 0 Å². The fourth-order valence-electron chi connectivity index (χ4n) is 1.77. The summed E-state index contributed by atoms with van der Waals surface area (Å²) in [6.45, 7) is 0. The summed E-state index contributed by atoms with van der Waals surface area (Å²) >= 11 is 0. The maximum absolute atomic E-state index is 10.3. The zero-order valence-electron chi connectivity index (χ0n) is 6.86. The van der Waals surface area contributed by atoms with Gasteiger partial charge in [-0.25, -0.2) is 0 Å². The van der Waals surface area contributed by atoms with Gasteiger partial charge < -0.3 is 0 Å². The van der Waals surface area contributed by atoms with E-state index in [0.29, 0.717) is 0 Å². The lowest BCUT2D eigenvalue weighted by atomic mass is 9.89. The SMILES string of the molecule is O=NC1CCc2ccccc2C1. The molecule has 0 bridgehead atoms. The summed E-state index contributed by atoms with van der Waals surface area (Å²) in [5.74, 6) is 0. The number of benzene rings is 1. The third-order valence-electron chi connectivity index (χ3n) is 2.47. The van der Waals surface area contributed by atoms with Crippen LogP contribution < -0.4 is 0 Å². The molecule has 1 aromatic carbocycles. The molecule has 0 aliphatic heterocycles. The van der Waals surface area contributed by atoms with Gasteiger partial charge in [0.25, 0.3) is 0 Å². The summed E-state index contributed by atoms with van der Waals surface area (Å²) in [6.07, 6.45) is 2.76. The van der Waals surface area contributed by atoms with Crippen LogP contribution in [0.25, 0.3) is 0 Å². The van der Waals surface area contributed by atoms with E-state index in [0.717, 1.165) is 19.3 Å². The Morgan fingerprint density at radius 1 is 1.25 bits per heavy atom. The van der Waals surface area contributed by atoms with E-state index in [2.05, 4.69) is 17.3 Å². The lowest BCUT2D eigenvalue weighted by molar-refractivity contribution is 0.575. The molecule has 62 valence electrons. The van der Waals surface area contributed by atoms with Gasteiger partial charge in [-0.1, -0.05) is 29.4 Å². The van der Waals surface area contributed by atoms with Gasteiger partial charge in [0, 0.05) is 0 Å². The number of rotatable bonds is 1. The van der Waals surface area contributed by atoms with Gasteiger partial charge in [0.1, 0.15) is 0 Å². The van der Waals surface area contributed by atoms with Gasteiger partial charge in [0.2, 0.25) is 0 Å². The lowest BCUT2D eigenvalue weighted by Gasteiger charge is -2.18. The molecule has 0 N–H and O–H groups in total. The lowest BCUT2D eigenvalue weighted by Crippen LogP contribution is -2.16. The highest BCUT2D eigenvalue weighted by Crippen LogP contribution is 2.22. The third kappa shape index (κ3) is 1.24. The molecule has 0 aromatic heterocycles. The smallest absolute Gasteiger partial charge is 0.0963 e. The Hall–Kier alpha value is -1.18. The van der Waals surface area contributed by atoms with Gasteiger partial charge >= 0.3 is 0 Å². The van der Waals surface area contributed by atoms with Crippen molar-refractivity contribution in [1.82, 2.24) is 0 Å². The maximum atomic E-state index is 10.3. The second-order valence-corrected chi connectivity index (χ2v) is 3.27. The predicted molar refractivity (Wildman–Crippen MR) is 48.1 cm³/mol. The first kappa shape index (κ1) is 7.47. The molecule has 1 aromatic rings. The quantitative estimate of drug-likeness (QED) is 0.581. The fraction of sp³-hybridized carbons (Fsp3) is 0.400. The predicted octanol–water partition coefficient (Wildman–Crippen LogP) is 2.31. The Labute approximate surface area is 71.6 Å². The van der Waals surface area contributed by atoms with E-state index in [9.17, 15) is 4.91 Å². The molecule has 0 fully saturated rings. The van der Waals surface area contributed by atoms with Crippen LogP contribution in [0, 0.1) is 4.91 Å². The fourth-order valence-corrected chi connectivity index (χ4v) is 1.77. The van der Waals surface area contributed by atoms with E-state index in [4.69, 9.17) is 0 Å². The molecule has 0 amide bonds. The molecular weight excluding hydrogens is 150 g/mol. The molecule has 1 atom stereocenters. The summed E-state index contributed by atoms with van der Waals surface area (Å²) in [7, 11) is 0. The molecule has 0 saturated carbocycles. The molecule has 2 rings (SSSR count). The minimum Gasteiger partial charge on any atom is -0.151 e. The number of hydrogen-bond acceptors (Lipinski definition) is 2. The second-order valence-electron chi connectivity index (χ2n) is 3.27. The summed E-state index contributed by atoms with van der Waals surface area (Å²) in [6, 6.07) is 8.31. The van der Waals surface area contributed by atoms with Crippen LogP contribution in [0.4, 0.5) is 0 Å². The van der Waals surface area contributed by atoms with Crippen molar-refractivity contribution in [2.75, 3.05) is 0 Å². The highest BCUT2D eigenvalue weighted by molar-refractivity contribution is 5.30. The van der Waals surface area contributed by atoms with Crippen LogP contribution in [0.3, 0.4) is 0 Å². The van der Waals surface area contributed by atoms with Gasteiger partial charge in [0.05, 0.1) is 6.04 Å². The number of aryl methyl sites for hydroxylation is 1. The molecule has 1 aliphatic carbocycles. The molecule has 2 nitrogen and oxygen atoms in total. The van der Waals surface area contributed by atoms with Crippen molar-refractivity contribution in [1.29, 1.82) is 0 Å². The number of hydrogen-bond donors (Lipinski definition) is 0. The molecule has 1 aliphatic rings. The first-order valence-corrected chi connectivity index (χ1v) is 4.29. The van der Waals surface area contributed by atoms with Gasteiger partial charge in [-0.05, 0) is 30.4 Å². The summed E-state index contributed by atoms with van der Waals surface area (Å²) in [4.78, 5) is 10.3. The van der Waals surface area contributed by atoms with Crippen LogP contribution in [0.1, 0.15) is 17.5 Å². The van der Waals surface area contributed by atoms with Crippen LogP contribution in [-0.4, -0.2) is 6.04 Å². The zero-order chi connectivity index (χ0) is 8.39. The average Bonchev–Trinajstić information content (AvgIpc) is 2.17. The molecule has 2 heteroatoms. The van der Waals surface area contributed by atoms with Crippen molar-refractivity contribution in [3.63, 3.8) is 0 Å². The van der Waals surface area contributed by atoms with Gasteiger partial charge in [-0.2, -0.15) is 4.91 Å². The zero-order valence-corrected chi connectivity index (χ0v) is 6.86. The molecule has 1 unspecified atom stereocenters. The average molecular weight is 161 g/mol. The standard InChI is InChI=1S/C10H11NO/c12-11-10-6-5-8-3-1-2-4-9(8)7-10/h1-4,10H,5-7H2. The first-order valence-electron chi connectivity index (χ1n) is 4.29. The molecular formula is C10H11NO. The van der Waals surface area contributed by atoms with E-state index < -0.39 is 0 Å². The normalized spacial score (nSPS) is 21.5. The number of nitroso groups, excluding NO2 is 1. The highest BCUT2D eigenvalue weighted by atomic mass is 16.3. The highest BCUT2D eigenvalue weighted by Gasteiger charge is 2.17. The molecule has 12 heavy (non-hydrogen) atoms. The Bertz CT molecular complexity index is 296. The molecule has 0 spiro atoms. The van der Waals surface area contributed by atoms with E-state index in [1.54, 1.807) is 0 Å². The van der Waals surface area contributed by atoms with E-state index in [1.807, 2.05) is 12.1 Å². The minimum atomic E-state index is 0.0138. The van der Waals surface area contributed by atoms with Crippen molar-refractivity contribution >= 4 is 0 Å². The molecule has 0 saturated heterocycles. The van der Waals surface area contributed by atoms with E-state index in [-0.39, 0.29) is 6.04 Å². The van der Waals surface area contributed by atoms with Gasteiger partial charge in [0.15, 0.2) is 0 Å². The Balaban J connectivity index is 2.28. The Morgan fingerprint density at radius 2 is 2.00 bits per heavy atom. The minimum absolute atomic E-state index is 0.0138. The van der Waals surface area contributed by atoms with Gasteiger partial charge in [-0.3, -0.25) is 0 Å². The van der Waals surface area contributed by atoms with Crippen molar-refractivity contribution < 1.29 is 0 Å². The third-order valence-corrected chi connectivity index (χ3v) is 2.47. The van der Waals surface area contributed by atoms with E-state index >= 15 is 0 Å². The first-order chi connectivity index (χ1) is 5.90. The van der Waals surface area contributed by atoms with Gasteiger partial charge in [-0.15, -0.1) is 0 Å². The summed E-state index contributed by atoms with van der Waals surface area (Å²) in [5.41, 5.74) is 2.69. The number of nitrogens with zero attached hydrogens (tertiary/aromatic N) is 1. The summed E-state index contributed by atoms with van der Waals surface area (Å²) < 4.78 is 0. The molecule has 0 heterocycles. The Morgan fingerprint density at radius 3 is 2.75 bits per heavy atom.